The maximum Gasteiger partial charge on any atom is 0.0782 e. The third-order valence-electron chi connectivity index (χ3n) is 2.25. The Kier molecular flexibility index (Phi) is 5.74. The van der Waals surface area contributed by atoms with E-state index in [9.17, 15) is 0 Å². The minimum Gasteiger partial charge on any atom is -0.394 e. The molecule has 100 valence electrons. The molecule has 0 aromatic heterocycles. The molecule has 1 N–H and O–H groups in total. The average molecular weight is 266 g/mol. The van der Waals surface area contributed by atoms with Crippen LogP contribution in [0.1, 0.15) is 18.1 Å². The Bertz CT molecular complexity index is 421. The number of aliphatic hydroxyl groups excluding tert-OH is 1. The van der Waals surface area contributed by atoms with Gasteiger partial charge in [0.1, 0.15) is 0 Å². The van der Waals surface area contributed by atoms with Crippen molar-refractivity contribution >= 4 is 10.0 Å². The van der Waals surface area contributed by atoms with Crippen molar-refractivity contribution in [2.24, 2.45) is 0 Å². The molecule has 0 bridgehead atoms. The van der Waals surface area contributed by atoms with Crippen molar-refractivity contribution in [1.82, 2.24) is 0 Å². The van der Waals surface area contributed by atoms with Crippen molar-refractivity contribution in [3.63, 3.8) is 0 Å². The first-order chi connectivity index (χ1) is 8.40. The van der Waals surface area contributed by atoms with Gasteiger partial charge < -0.3 is 9.84 Å². The van der Waals surface area contributed by atoms with E-state index in [2.05, 4.69) is 29.9 Å². The van der Waals surface area contributed by atoms with Gasteiger partial charge in [-0.3, -0.25) is 0 Å². The minimum atomic E-state index is -0.771. The topological polar surface area (TPSA) is 29.5 Å². The summed E-state index contributed by atoms with van der Waals surface area (Å²) in [6, 6.07) is 8.07. The first kappa shape index (κ1) is 15.1. The summed E-state index contributed by atoms with van der Waals surface area (Å²) in [4.78, 5) is 0. The van der Waals surface area contributed by atoms with Gasteiger partial charge in [0.2, 0.25) is 0 Å². The van der Waals surface area contributed by atoms with Crippen molar-refractivity contribution in [3.05, 3.63) is 35.4 Å². The number of ether oxygens (including phenoxy) is 1. The van der Waals surface area contributed by atoms with Crippen LogP contribution in [0.15, 0.2) is 24.3 Å². The third kappa shape index (κ3) is 6.11. The average Bonchev–Trinajstić information content (AvgIpc) is 2.33. The zero-order valence-corrected chi connectivity index (χ0v) is 12.4. The van der Waals surface area contributed by atoms with Gasteiger partial charge in [0.15, 0.2) is 0 Å². The zero-order chi connectivity index (χ0) is 13.6. The SMILES string of the molecule is C[C@H](CO)OCc1ccc(C#CS(C)(C)C)cc1. The highest BCUT2D eigenvalue weighted by atomic mass is 32.3. The van der Waals surface area contributed by atoms with E-state index in [-0.39, 0.29) is 12.7 Å². The number of hydrogen-bond acceptors (Lipinski definition) is 2. The maximum atomic E-state index is 8.86. The molecule has 0 spiro atoms. The summed E-state index contributed by atoms with van der Waals surface area (Å²) in [7, 11) is -0.771. The lowest BCUT2D eigenvalue weighted by Gasteiger charge is -2.14. The molecule has 0 saturated carbocycles. The molecule has 2 nitrogen and oxygen atoms in total. The van der Waals surface area contributed by atoms with Crippen molar-refractivity contribution < 1.29 is 9.84 Å². The van der Waals surface area contributed by atoms with Crippen LogP contribution in [0, 0.1) is 11.2 Å². The molecule has 1 aromatic carbocycles. The molecular weight excluding hydrogens is 244 g/mol. The highest BCUT2D eigenvalue weighted by Crippen LogP contribution is 2.32. The summed E-state index contributed by atoms with van der Waals surface area (Å²) in [6.07, 6.45) is 6.42. The monoisotopic (exact) mass is 266 g/mol. The van der Waals surface area contributed by atoms with Gasteiger partial charge in [-0.05, 0) is 48.6 Å². The Hall–Kier alpha value is -0.950. The standard InChI is InChI=1S/C15H22O2S/c1-13(11-16)17-12-15-7-5-14(6-8-15)9-10-18(2,3)4/h5-8,13,16H,11-12H2,1-4H3/t13-/m1/s1. The molecule has 0 heterocycles. The first-order valence-electron chi connectivity index (χ1n) is 5.93. The molecule has 0 unspecified atom stereocenters. The van der Waals surface area contributed by atoms with Gasteiger partial charge in [0, 0.05) is 5.56 Å². The van der Waals surface area contributed by atoms with Crippen LogP contribution in [-0.2, 0) is 11.3 Å². The number of hydrogen-bond donors (Lipinski definition) is 1. The second-order valence-corrected chi connectivity index (χ2v) is 8.94. The van der Waals surface area contributed by atoms with Gasteiger partial charge >= 0.3 is 0 Å². The predicted octanol–water partition coefficient (Wildman–Crippen LogP) is 2.59. The molecule has 0 saturated heterocycles. The molecule has 3 heteroatoms. The predicted molar refractivity (Wildman–Crippen MR) is 80.0 cm³/mol. The Morgan fingerprint density at radius 3 is 2.33 bits per heavy atom. The van der Waals surface area contributed by atoms with Crippen LogP contribution < -0.4 is 0 Å². The van der Waals surface area contributed by atoms with Crippen molar-refractivity contribution in [2.75, 3.05) is 25.4 Å². The van der Waals surface area contributed by atoms with E-state index in [0.717, 1.165) is 11.1 Å². The van der Waals surface area contributed by atoms with Gasteiger partial charge in [-0.15, -0.1) is 0 Å². The van der Waals surface area contributed by atoms with E-state index < -0.39 is 10.0 Å². The highest BCUT2D eigenvalue weighted by molar-refractivity contribution is 8.35. The fourth-order valence-corrected chi connectivity index (χ4v) is 1.61. The molecule has 18 heavy (non-hydrogen) atoms. The number of rotatable bonds is 4. The summed E-state index contributed by atoms with van der Waals surface area (Å²) in [5, 5.41) is 12.1. The lowest BCUT2D eigenvalue weighted by atomic mass is 10.1. The summed E-state index contributed by atoms with van der Waals surface area (Å²) >= 11 is 0. The second-order valence-electron chi connectivity index (χ2n) is 5.07. The molecule has 1 aromatic rings. The van der Waals surface area contributed by atoms with Gasteiger partial charge in [-0.25, -0.2) is 0 Å². The van der Waals surface area contributed by atoms with E-state index >= 15 is 0 Å². The zero-order valence-electron chi connectivity index (χ0n) is 11.6. The fraction of sp³-hybridized carbons (Fsp3) is 0.467. The molecule has 1 rings (SSSR count). The normalized spacial score (nSPS) is 13.6. The van der Waals surface area contributed by atoms with E-state index in [4.69, 9.17) is 9.84 Å². The quantitative estimate of drug-likeness (QED) is 0.849. The van der Waals surface area contributed by atoms with Crippen LogP contribution in [0.5, 0.6) is 0 Å². The van der Waals surface area contributed by atoms with Crippen LogP contribution in [0.3, 0.4) is 0 Å². The molecule has 0 fully saturated rings. The largest absolute Gasteiger partial charge is 0.394 e. The van der Waals surface area contributed by atoms with Crippen LogP contribution in [-0.4, -0.2) is 36.6 Å². The van der Waals surface area contributed by atoms with E-state index in [0.29, 0.717) is 6.61 Å². The van der Waals surface area contributed by atoms with Gasteiger partial charge in [-0.1, -0.05) is 18.1 Å². The lowest BCUT2D eigenvalue weighted by Crippen LogP contribution is -2.12. The molecule has 0 amide bonds. The smallest absolute Gasteiger partial charge is 0.0782 e. The Morgan fingerprint density at radius 2 is 1.83 bits per heavy atom. The minimum absolute atomic E-state index is 0.0535. The van der Waals surface area contributed by atoms with E-state index in [1.165, 1.54) is 0 Å². The summed E-state index contributed by atoms with van der Waals surface area (Å²) < 4.78 is 5.45. The van der Waals surface area contributed by atoms with E-state index in [1.54, 1.807) is 0 Å². The van der Waals surface area contributed by atoms with Crippen molar-refractivity contribution in [2.45, 2.75) is 19.6 Å². The van der Waals surface area contributed by atoms with Crippen LogP contribution >= 0.6 is 10.0 Å². The highest BCUT2D eigenvalue weighted by Gasteiger charge is 2.00. The lowest BCUT2D eigenvalue weighted by molar-refractivity contribution is 0.0145. The van der Waals surface area contributed by atoms with Crippen LogP contribution in [0.4, 0.5) is 0 Å². The molecular formula is C15H22O2S. The summed E-state index contributed by atoms with van der Waals surface area (Å²) in [5.41, 5.74) is 2.14. The fourth-order valence-electron chi connectivity index (χ4n) is 1.19. The third-order valence-corrected chi connectivity index (χ3v) is 2.96. The van der Waals surface area contributed by atoms with Crippen LogP contribution in [0.2, 0.25) is 0 Å². The number of benzene rings is 1. The van der Waals surface area contributed by atoms with Gasteiger partial charge in [-0.2, -0.15) is 10.0 Å². The molecule has 0 aliphatic heterocycles. The molecule has 0 radical (unpaired) electrons. The molecule has 0 aliphatic rings. The Balaban J connectivity index is 2.60. The Morgan fingerprint density at radius 1 is 1.22 bits per heavy atom. The van der Waals surface area contributed by atoms with Crippen molar-refractivity contribution in [1.29, 1.82) is 0 Å². The maximum absolute atomic E-state index is 8.86. The first-order valence-corrected chi connectivity index (χ1v) is 8.79. The molecule has 0 aliphatic carbocycles. The summed E-state index contributed by atoms with van der Waals surface area (Å²) in [5.74, 6) is 3.19. The number of aliphatic hydroxyl groups is 1. The Labute approximate surface area is 112 Å². The second kappa shape index (κ2) is 6.84. The van der Waals surface area contributed by atoms with Gasteiger partial charge in [0.25, 0.3) is 0 Å². The van der Waals surface area contributed by atoms with E-state index in [1.807, 2.05) is 31.2 Å². The van der Waals surface area contributed by atoms with Gasteiger partial charge in [0.05, 0.1) is 19.3 Å². The van der Waals surface area contributed by atoms with Crippen molar-refractivity contribution in [3.8, 4) is 11.2 Å². The summed E-state index contributed by atoms with van der Waals surface area (Å²) in [6.45, 7) is 2.43. The molecule has 1 atom stereocenters. The van der Waals surface area contributed by atoms with Crippen LogP contribution in [0.25, 0.3) is 0 Å².